The number of likely N-dealkylation sites (tertiary alicyclic amines) is 1. The van der Waals surface area contributed by atoms with Crippen molar-refractivity contribution < 1.29 is 13.6 Å². The van der Waals surface area contributed by atoms with E-state index in [4.69, 9.17) is 15.2 Å². The molecule has 12 heteroatoms. The molecule has 5 aromatic rings. The van der Waals surface area contributed by atoms with Crippen molar-refractivity contribution in [1.29, 1.82) is 0 Å². The Labute approximate surface area is 223 Å². The second-order valence-electron chi connectivity index (χ2n) is 9.91. The monoisotopic (exact) mass is 529 g/mol. The van der Waals surface area contributed by atoms with Crippen molar-refractivity contribution in [2.45, 2.75) is 18.9 Å². The summed E-state index contributed by atoms with van der Waals surface area (Å²) in [5.74, 6) is -0.118. The molecule has 200 valence electrons. The number of nitrogens with two attached hydrogens (primary N) is 1. The van der Waals surface area contributed by atoms with Crippen LogP contribution in [0.3, 0.4) is 0 Å². The molecule has 1 fully saturated rings. The summed E-state index contributed by atoms with van der Waals surface area (Å²) in [6.45, 7) is 1.63. The van der Waals surface area contributed by atoms with E-state index in [-0.39, 0.29) is 29.5 Å². The smallest absolute Gasteiger partial charge is 0.300 e. The number of benzene rings is 2. The predicted molar refractivity (Wildman–Crippen MR) is 146 cm³/mol. The van der Waals surface area contributed by atoms with E-state index in [0.717, 1.165) is 12.8 Å². The zero-order valence-electron chi connectivity index (χ0n) is 21.6. The molecule has 4 heterocycles. The number of likely N-dealkylation sites (N-methyl/N-ethyl adjacent to an activating group) is 1. The molecule has 0 spiro atoms. The summed E-state index contributed by atoms with van der Waals surface area (Å²) in [4.78, 5) is 29.2. The molecule has 0 radical (unpaired) electrons. The van der Waals surface area contributed by atoms with Crippen LogP contribution >= 0.6 is 0 Å². The first-order valence-electron chi connectivity index (χ1n) is 12.7. The van der Waals surface area contributed by atoms with Crippen LogP contribution in [0.4, 0.5) is 21.9 Å². The number of para-hydroxylation sites is 2. The topological polar surface area (TPSA) is 131 Å². The number of fused-ring (bicyclic) bond motifs is 2. The highest BCUT2D eigenvalue weighted by Gasteiger charge is 2.28. The molecular weight excluding hydrogens is 501 g/mol. The number of rotatable bonds is 6. The Hall–Kier alpha value is -4.58. The van der Waals surface area contributed by atoms with Crippen molar-refractivity contribution in [1.82, 2.24) is 34.5 Å². The van der Waals surface area contributed by atoms with Crippen molar-refractivity contribution in [3.8, 4) is 11.3 Å². The molecule has 0 bridgehead atoms. The van der Waals surface area contributed by atoms with Gasteiger partial charge >= 0.3 is 0 Å². The van der Waals surface area contributed by atoms with E-state index in [1.54, 1.807) is 18.2 Å². The van der Waals surface area contributed by atoms with Gasteiger partial charge in [-0.15, -0.1) is 0 Å². The zero-order chi connectivity index (χ0) is 27.1. The van der Waals surface area contributed by atoms with Gasteiger partial charge in [0.25, 0.3) is 6.01 Å². The summed E-state index contributed by atoms with van der Waals surface area (Å²) in [6.07, 6.45) is 2.85. The molecule has 3 N–H and O–H groups in total. The minimum absolute atomic E-state index is 0.0175. The average molecular weight is 530 g/mol. The number of nitrogens with one attached hydrogen (secondary N) is 1. The number of piperidine rings is 1. The number of nitrogen functional groups attached to an aromatic ring is 1. The first-order valence-corrected chi connectivity index (χ1v) is 12.7. The maximum atomic E-state index is 15.3. The normalized spacial score (nSPS) is 14.5. The summed E-state index contributed by atoms with van der Waals surface area (Å²) < 4.78 is 22.8. The van der Waals surface area contributed by atoms with Gasteiger partial charge in [-0.3, -0.25) is 4.79 Å². The van der Waals surface area contributed by atoms with Gasteiger partial charge < -0.3 is 25.3 Å². The van der Waals surface area contributed by atoms with E-state index >= 15 is 4.39 Å². The van der Waals surface area contributed by atoms with Crippen LogP contribution in [0.25, 0.3) is 33.4 Å². The lowest BCUT2D eigenvalue weighted by molar-refractivity contribution is -0.133. The van der Waals surface area contributed by atoms with E-state index in [1.165, 1.54) is 12.4 Å². The molecule has 11 nitrogen and oxygen atoms in total. The third-order valence-corrected chi connectivity index (χ3v) is 6.91. The fourth-order valence-corrected chi connectivity index (χ4v) is 4.99. The predicted octanol–water partition coefficient (Wildman–Crippen LogP) is 3.82. The van der Waals surface area contributed by atoms with Crippen LogP contribution in [-0.2, 0) is 4.79 Å². The molecule has 0 atom stereocenters. The van der Waals surface area contributed by atoms with E-state index in [0.29, 0.717) is 53.0 Å². The fourth-order valence-electron chi connectivity index (χ4n) is 4.99. The van der Waals surface area contributed by atoms with Crippen LogP contribution in [0.2, 0.25) is 0 Å². The zero-order valence-corrected chi connectivity index (χ0v) is 21.6. The van der Waals surface area contributed by atoms with Gasteiger partial charge in [-0.05, 0) is 51.2 Å². The molecule has 39 heavy (non-hydrogen) atoms. The van der Waals surface area contributed by atoms with Crippen molar-refractivity contribution >= 4 is 45.6 Å². The summed E-state index contributed by atoms with van der Waals surface area (Å²) in [6, 6.07) is 12.3. The largest absolute Gasteiger partial charge is 0.423 e. The van der Waals surface area contributed by atoms with Gasteiger partial charge in [0.15, 0.2) is 11.2 Å². The van der Waals surface area contributed by atoms with Gasteiger partial charge in [0, 0.05) is 18.7 Å². The van der Waals surface area contributed by atoms with Crippen LogP contribution in [0.15, 0.2) is 53.2 Å². The second kappa shape index (κ2) is 9.95. The number of nitrogens with zero attached hydrogens (tertiary/aromatic N) is 7. The van der Waals surface area contributed by atoms with Crippen molar-refractivity contribution in [3.63, 3.8) is 0 Å². The third-order valence-electron chi connectivity index (χ3n) is 6.91. The standard InChI is InChI=1S/C27H28FN9O2/c1-35(2)14-22(38)36-11-9-17(10-12-36)37-26-23(25(29)30-15-31-26)24(34-37)16-7-8-19(18(28)13-16)32-27-33-20-5-3-4-6-21(20)39-27/h3-8,13,15,17H,9-12,14H2,1-2H3,(H,32,33)(H2,29,30,31). The Morgan fingerprint density at radius 1 is 1.18 bits per heavy atom. The molecule has 2 aromatic carbocycles. The molecule has 1 aliphatic rings. The molecule has 6 rings (SSSR count). The van der Waals surface area contributed by atoms with E-state index in [1.807, 2.05) is 46.8 Å². The van der Waals surface area contributed by atoms with Crippen LogP contribution in [0.5, 0.6) is 0 Å². The van der Waals surface area contributed by atoms with Gasteiger partial charge in [0.1, 0.15) is 29.2 Å². The van der Waals surface area contributed by atoms with Crippen LogP contribution in [-0.4, -0.2) is 74.2 Å². The number of carbonyl (C=O) groups is 1. The maximum Gasteiger partial charge on any atom is 0.300 e. The lowest BCUT2D eigenvalue weighted by atomic mass is 10.1. The Balaban J connectivity index is 1.28. The number of hydrogen-bond donors (Lipinski definition) is 2. The SMILES string of the molecule is CN(C)CC(=O)N1CCC(n2nc(-c3ccc(Nc4nc5ccccc5o4)c(F)c3)c3c(N)ncnc32)CC1. The second-order valence-corrected chi connectivity index (χ2v) is 9.91. The Bertz CT molecular complexity index is 1640. The highest BCUT2D eigenvalue weighted by atomic mass is 19.1. The van der Waals surface area contributed by atoms with Crippen LogP contribution in [0.1, 0.15) is 18.9 Å². The Morgan fingerprint density at radius 3 is 2.72 bits per heavy atom. The highest BCUT2D eigenvalue weighted by Crippen LogP contribution is 2.35. The molecule has 0 aliphatic carbocycles. The number of hydrogen-bond acceptors (Lipinski definition) is 9. The maximum absolute atomic E-state index is 15.3. The molecule has 0 unspecified atom stereocenters. The first-order chi connectivity index (χ1) is 18.9. The molecule has 3 aromatic heterocycles. The number of halogens is 1. The summed E-state index contributed by atoms with van der Waals surface area (Å²) in [5, 5.41) is 8.33. The average Bonchev–Trinajstić information content (AvgIpc) is 3.52. The quantitative estimate of drug-likeness (QED) is 0.337. The number of oxazole rings is 1. The van der Waals surface area contributed by atoms with Crippen LogP contribution < -0.4 is 11.1 Å². The molecule has 1 aliphatic heterocycles. The van der Waals surface area contributed by atoms with Gasteiger partial charge in [0.05, 0.1) is 23.7 Å². The molecule has 1 amide bonds. The van der Waals surface area contributed by atoms with Gasteiger partial charge in [-0.1, -0.05) is 18.2 Å². The fraction of sp³-hybridized carbons (Fsp3) is 0.296. The lowest BCUT2D eigenvalue weighted by Gasteiger charge is -2.32. The summed E-state index contributed by atoms with van der Waals surface area (Å²) in [5.41, 5.74) is 9.40. The Morgan fingerprint density at radius 2 is 1.97 bits per heavy atom. The minimum Gasteiger partial charge on any atom is -0.423 e. The van der Waals surface area contributed by atoms with Crippen molar-refractivity contribution in [3.05, 3.63) is 54.6 Å². The molecular formula is C27H28FN9O2. The van der Waals surface area contributed by atoms with Crippen LogP contribution in [0, 0.1) is 5.82 Å². The Kier molecular flexibility index (Phi) is 6.31. The number of anilines is 3. The van der Waals surface area contributed by atoms with Gasteiger partial charge in [0.2, 0.25) is 5.91 Å². The lowest BCUT2D eigenvalue weighted by Crippen LogP contribution is -2.43. The summed E-state index contributed by atoms with van der Waals surface area (Å²) in [7, 11) is 3.76. The van der Waals surface area contributed by atoms with Crippen molar-refractivity contribution in [2.75, 3.05) is 44.8 Å². The van der Waals surface area contributed by atoms with Crippen molar-refractivity contribution in [2.24, 2.45) is 0 Å². The molecule has 0 saturated carbocycles. The third kappa shape index (κ3) is 4.74. The van der Waals surface area contributed by atoms with Gasteiger partial charge in [-0.2, -0.15) is 10.1 Å². The van der Waals surface area contributed by atoms with E-state index in [2.05, 4.69) is 20.3 Å². The number of aromatic nitrogens is 5. The number of amides is 1. The van der Waals surface area contributed by atoms with E-state index in [9.17, 15) is 4.79 Å². The van der Waals surface area contributed by atoms with Gasteiger partial charge in [-0.25, -0.2) is 19.0 Å². The number of carbonyl (C=O) groups excluding carboxylic acids is 1. The summed E-state index contributed by atoms with van der Waals surface area (Å²) >= 11 is 0. The highest BCUT2D eigenvalue weighted by molar-refractivity contribution is 5.98. The van der Waals surface area contributed by atoms with E-state index < -0.39 is 5.82 Å². The minimum atomic E-state index is -0.499. The molecule has 1 saturated heterocycles. The first kappa shape index (κ1) is 24.7.